The van der Waals surface area contributed by atoms with Gasteiger partial charge in [-0.1, -0.05) is 18.2 Å². The van der Waals surface area contributed by atoms with Crippen LogP contribution in [-0.4, -0.2) is 17.5 Å². The van der Waals surface area contributed by atoms with E-state index in [1.165, 1.54) is 11.1 Å². The van der Waals surface area contributed by atoms with Crippen LogP contribution < -0.4 is 10.1 Å². The van der Waals surface area contributed by atoms with Gasteiger partial charge in [0.15, 0.2) is 0 Å². The molecule has 1 amide bonds. The molecule has 0 atom stereocenters. The Bertz CT molecular complexity index is 867. The molecule has 0 saturated heterocycles. The smallest absolute Gasteiger partial charge is 0.224 e. The minimum Gasteiger partial charge on any atom is -0.493 e. The number of carbonyl (C=O) groups excluding carboxylic acids is 1. The second kappa shape index (κ2) is 5.80. The van der Waals surface area contributed by atoms with Crippen molar-refractivity contribution < 1.29 is 9.53 Å². The highest BCUT2D eigenvalue weighted by atomic mass is 16.5. The summed E-state index contributed by atoms with van der Waals surface area (Å²) in [5.74, 6) is 1.02. The number of H-pyrrole nitrogens is 1. The zero-order chi connectivity index (χ0) is 15.6. The maximum absolute atomic E-state index is 12.2. The fourth-order valence-corrected chi connectivity index (χ4v) is 3.06. The van der Waals surface area contributed by atoms with E-state index in [1.54, 1.807) is 0 Å². The maximum atomic E-state index is 12.2. The van der Waals surface area contributed by atoms with Gasteiger partial charge in [0.2, 0.25) is 5.91 Å². The molecule has 2 aromatic carbocycles. The van der Waals surface area contributed by atoms with E-state index in [-0.39, 0.29) is 5.91 Å². The number of nitrogens with one attached hydrogen (secondary N) is 2. The van der Waals surface area contributed by atoms with Crippen molar-refractivity contribution in [1.29, 1.82) is 0 Å². The van der Waals surface area contributed by atoms with E-state index in [4.69, 9.17) is 4.74 Å². The summed E-state index contributed by atoms with van der Waals surface area (Å²) in [6, 6.07) is 14.1. The third-order valence-electron chi connectivity index (χ3n) is 4.26. The van der Waals surface area contributed by atoms with Gasteiger partial charge < -0.3 is 15.0 Å². The monoisotopic (exact) mass is 306 g/mol. The lowest BCUT2D eigenvalue weighted by Gasteiger charge is -2.07. The summed E-state index contributed by atoms with van der Waals surface area (Å²) < 4.78 is 5.51. The van der Waals surface area contributed by atoms with Gasteiger partial charge in [-0.05, 0) is 41.8 Å². The molecule has 4 heteroatoms. The molecule has 4 nitrogen and oxygen atoms in total. The van der Waals surface area contributed by atoms with E-state index in [1.807, 2.05) is 42.6 Å². The van der Waals surface area contributed by atoms with E-state index in [2.05, 4.69) is 16.4 Å². The van der Waals surface area contributed by atoms with Crippen molar-refractivity contribution in [1.82, 2.24) is 4.98 Å². The zero-order valence-corrected chi connectivity index (χ0v) is 12.8. The lowest BCUT2D eigenvalue weighted by Crippen LogP contribution is -2.12. The number of anilines is 1. The van der Waals surface area contributed by atoms with Gasteiger partial charge in [-0.2, -0.15) is 0 Å². The summed E-state index contributed by atoms with van der Waals surface area (Å²) in [6.45, 7) is 0.764. The first kappa shape index (κ1) is 13.9. The summed E-state index contributed by atoms with van der Waals surface area (Å²) in [5, 5.41) is 4.05. The molecule has 0 fully saturated rings. The number of hydrogen-bond donors (Lipinski definition) is 2. The van der Waals surface area contributed by atoms with Crippen LogP contribution in [0.4, 0.5) is 5.69 Å². The van der Waals surface area contributed by atoms with E-state index < -0.39 is 0 Å². The fraction of sp³-hybridized carbons (Fsp3) is 0.211. The first-order valence-corrected chi connectivity index (χ1v) is 7.90. The normalized spacial score (nSPS) is 12.9. The third-order valence-corrected chi connectivity index (χ3v) is 4.26. The molecule has 0 spiro atoms. The topological polar surface area (TPSA) is 54.1 Å². The highest BCUT2D eigenvalue weighted by molar-refractivity contribution is 6.01. The minimum atomic E-state index is 0.0375. The van der Waals surface area contributed by atoms with Crippen LogP contribution in [0.3, 0.4) is 0 Å². The second-order valence-corrected chi connectivity index (χ2v) is 5.83. The molecule has 1 aliphatic rings. The fourth-order valence-electron chi connectivity index (χ4n) is 3.06. The van der Waals surface area contributed by atoms with Crippen LogP contribution in [0.15, 0.2) is 48.7 Å². The van der Waals surface area contributed by atoms with Gasteiger partial charge in [0.25, 0.3) is 0 Å². The van der Waals surface area contributed by atoms with Crippen molar-refractivity contribution in [2.45, 2.75) is 19.3 Å². The summed E-state index contributed by atoms with van der Waals surface area (Å²) in [5.41, 5.74) is 4.32. The van der Waals surface area contributed by atoms with Gasteiger partial charge in [0.05, 0.1) is 12.3 Å². The number of rotatable bonds is 4. The first-order valence-electron chi connectivity index (χ1n) is 7.90. The Kier molecular flexibility index (Phi) is 3.50. The number of carbonyl (C=O) groups is 1. The number of aromatic nitrogens is 1. The Labute approximate surface area is 134 Å². The van der Waals surface area contributed by atoms with Gasteiger partial charge >= 0.3 is 0 Å². The quantitative estimate of drug-likeness (QED) is 0.772. The molecule has 0 saturated carbocycles. The van der Waals surface area contributed by atoms with Crippen LogP contribution in [0.5, 0.6) is 5.75 Å². The Balaban J connectivity index is 1.41. The van der Waals surface area contributed by atoms with Crippen LogP contribution in [0.25, 0.3) is 10.9 Å². The van der Waals surface area contributed by atoms with Gasteiger partial charge in [0, 0.05) is 29.9 Å². The van der Waals surface area contributed by atoms with E-state index in [0.717, 1.165) is 41.8 Å². The maximum Gasteiger partial charge on any atom is 0.224 e. The zero-order valence-electron chi connectivity index (χ0n) is 12.8. The Morgan fingerprint density at radius 2 is 2.17 bits per heavy atom. The van der Waals surface area contributed by atoms with Crippen LogP contribution in [0.2, 0.25) is 0 Å². The highest BCUT2D eigenvalue weighted by Crippen LogP contribution is 2.26. The molecule has 0 radical (unpaired) electrons. The molecule has 2 N–H and O–H groups in total. The number of benzene rings is 2. The molecule has 0 unspecified atom stereocenters. The molecular formula is C19H18N2O2. The SMILES string of the molecule is O=C(CCc1ccc2c(c1)CCO2)Nc1cccc2[nH]ccc12. The van der Waals surface area contributed by atoms with Crippen molar-refractivity contribution in [3.05, 3.63) is 59.8 Å². The molecule has 1 aliphatic heterocycles. The molecule has 2 heterocycles. The van der Waals surface area contributed by atoms with Crippen LogP contribution in [-0.2, 0) is 17.6 Å². The van der Waals surface area contributed by atoms with E-state index >= 15 is 0 Å². The third kappa shape index (κ3) is 2.80. The average molecular weight is 306 g/mol. The Hall–Kier alpha value is -2.75. The molecular weight excluding hydrogens is 288 g/mol. The van der Waals surface area contributed by atoms with Crippen molar-refractivity contribution >= 4 is 22.5 Å². The number of ether oxygens (including phenoxy) is 1. The van der Waals surface area contributed by atoms with Crippen molar-refractivity contribution in [2.75, 3.05) is 11.9 Å². The van der Waals surface area contributed by atoms with Gasteiger partial charge in [-0.15, -0.1) is 0 Å². The first-order chi connectivity index (χ1) is 11.3. The molecule has 0 aliphatic carbocycles. The van der Waals surface area contributed by atoms with Crippen molar-refractivity contribution in [3.63, 3.8) is 0 Å². The van der Waals surface area contributed by atoms with Gasteiger partial charge in [0.1, 0.15) is 5.75 Å². The Morgan fingerprint density at radius 3 is 3.13 bits per heavy atom. The number of aryl methyl sites for hydroxylation is 1. The predicted molar refractivity (Wildman–Crippen MR) is 90.9 cm³/mol. The van der Waals surface area contributed by atoms with Crippen LogP contribution >= 0.6 is 0 Å². The van der Waals surface area contributed by atoms with E-state index in [9.17, 15) is 4.79 Å². The molecule has 1 aromatic heterocycles. The highest BCUT2D eigenvalue weighted by Gasteiger charge is 2.13. The number of fused-ring (bicyclic) bond motifs is 2. The van der Waals surface area contributed by atoms with E-state index in [0.29, 0.717) is 6.42 Å². The molecule has 116 valence electrons. The van der Waals surface area contributed by atoms with Crippen molar-refractivity contribution in [3.8, 4) is 5.75 Å². The number of hydrogen-bond acceptors (Lipinski definition) is 2. The Morgan fingerprint density at radius 1 is 1.22 bits per heavy atom. The molecule has 3 aromatic rings. The van der Waals surface area contributed by atoms with Crippen molar-refractivity contribution in [2.24, 2.45) is 0 Å². The molecule has 0 bridgehead atoms. The summed E-state index contributed by atoms with van der Waals surface area (Å²) in [4.78, 5) is 15.4. The summed E-state index contributed by atoms with van der Waals surface area (Å²) in [7, 11) is 0. The number of amides is 1. The van der Waals surface area contributed by atoms with Crippen LogP contribution in [0.1, 0.15) is 17.5 Å². The van der Waals surface area contributed by atoms with Gasteiger partial charge in [-0.3, -0.25) is 4.79 Å². The minimum absolute atomic E-state index is 0.0375. The summed E-state index contributed by atoms with van der Waals surface area (Å²) >= 11 is 0. The lowest BCUT2D eigenvalue weighted by molar-refractivity contribution is -0.116. The molecule has 4 rings (SSSR count). The predicted octanol–water partition coefficient (Wildman–Crippen LogP) is 3.67. The second-order valence-electron chi connectivity index (χ2n) is 5.83. The lowest BCUT2D eigenvalue weighted by atomic mass is 10.0. The van der Waals surface area contributed by atoms with Gasteiger partial charge in [-0.25, -0.2) is 0 Å². The number of aromatic amines is 1. The summed E-state index contributed by atoms with van der Waals surface area (Å²) in [6.07, 6.45) is 4.06. The standard InChI is InChI=1S/C19H18N2O2/c22-19(21-17-3-1-2-16-15(17)8-10-20-16)7-5-13-4-6-18-14(12-13)9-11-23-18/h1-4,6,8,10,12,20H,5,7,9,11H2,(H,21,22). The average Bonchev–Trinajstić information content (AvgIpc) is 3.21. The largest absolute Gasteiger partial charge is 0.493 e. The molecule has 23 heavy (non-hydrogen) atoms. The van der Waals surface area contributed by atoms with Crippen LogP contribution in [0, 0.1) is 0 Å².